The summed E-state index contributed by atoms with van der Waals surface area (Å²) < 4.78 is 0. The van der Waals surface area contributed by atoms with Crippen molar-refractivity contribution in [1.29, 1.82) is 0 Å². The number of anilines is 1. The third-order valence-electron chi connectivity index (χ3n) is 3.11. The van der Waals surface area contributed by atoms with E-state index in [-0.39, 0.29) is 5.91 Å². The number of hydrogen-bond acceptors (Lipinski definition) is 4. The van der Waals surface area contributed by atoms with Crippen molar-refractivity contribution in [3.63, 3.8) is 0 Å². The fourth-order valence-corrected chi connectivity index (χ4v) is 3.16. The quantitative estimate of drug-likeness (QED) is 0.829. The summed E-state index contributed by atoms with van der Waals surface area (Å²) in [6, 6.07) is 7.33. The summed E-state index contributed by atoms with van der Waals surface area (Å²) in [6.07, 6.45) is 1.15. The van der Waals surface area contributed by atoms with E-state index in [1.54, 1.807) is 6.07 Å². The van der Waals surface area contributed by atoms with Crippen LogP contribution < -0.4 is 11.1 Å². The first-order chi connectivity index (χ1) is 9.65. The molecule has 1 fully saturated rings. The van der Waals surface area contributed by atoms with Crippen LogP contribution in [0.1, 0.15) is 12.0 Å². The predicted molar refractivity (Wildman–Crippen MR) is 89.3 cm³/mol. The Kier molecular flexibility index (Phi) is 5.82. The van der Waals surface area contributed by atoms with Crippen molar-refractivity contribution in [2.24, 2.45) is 5.73 Å². The van der Waals surface area contributed by atoms with Crippen molar-refractivity contribution >= 4 is 40.6 Å². The van der Waals surface area contributed by atoms with E-state index < -0.39 is 0 Å². The number of carbonyl (C=O) groups excluding carboxylic acids is 1. The Morgan fingerprint density at radius 3 is 3.05 bits per heavy atom. The van der Waals surface area contributed by atoms with Crippen LogP contribution in [-0.4, -0.2) is 46.9 Å². The second-order valence-electron chi connectivity index (χ2n) is 4.74. The van der Waals surface area contributed by atoms with Crippen LogP contribution in [-0.2, 0) is 4.79 Å². The molecular formula is C14H19N3OS2. The summed E-state index contributed by atoms with van der Waals surface area (Å²) in [7, 11) is 0. The molecule has 0 aromatic heterocycles. The third-order valence-corrected chi connectivity index (χ3v) is 4.40. The average Bonchev–Trinajstić information content (AvgIpc) is 2.67. The molecule has 1 aromatic rings. The molecule has 1 saturated heterocycles. The number of rotatable bonds is 4. The van der Waals surface area contributed by atoms with Gasteiger partial charge in [0.25, 0.3) is 0 Å². The Balaban J connectivity index is 1.90. The molecule has 108 valence electrons. The van der Waals surface area contributed by atoms with E-state index >= 15 is 0 Å². The van der Waals surface area contributed by atoms with E-state index in [2.05, 4.69) is 10.2 Å². The van der Waals surface area contributed by atoms with E-state index in [9.17, 15) is 4.79 Å². The van der Waals surface area contributed by atoms with Gasteiger partial charge < -0.3 is 11.1 Å². The molecule has 20 heavy (non-hydrogen) atoms. The number of thiocarbonyl (C=S) groups is 1. The zero-order chi connectivity index (χ0) is 14.4. The lowest BCUT2D eigenvalue weighted by Crippen LogP contribution is -2.34. The summed E-state index contributed by atoms with van der Waals surface area (Å²) >= 11 is 6.89. The Hall–Kier alpha value is -1.11. The molecule has 0 bridgehead atoms. The number of nitrogens with zero attached hydrogens (tertiary/aromatic N) is 1. The minimum Gasteiger partial charge on any atom is -0.389 e. The minimum absolute atomic E-state index is 0.0111. The molecule has 3 N–H and O–H groups in total. The maximum Gasteiger partial charge on any atom is 0.238 e. The maximum atomic E-state index is 12.1. The number of nitrogens with one attached hydrogen (secondary N) is 1. The van der Waals surface area contributed by atoms with Crippen LogP contribution >= 0.6 is 24.0 Å². The lowest BCUT2D eigenvalue weighted by Gasteiger charge is -2.18. The highest BCUT2D eigenvalue weighted by atomic mass is 32.2. The highest BCUT2D eigenvalue weighted by Crippen LogP contribution is 2.12. The minimum atomic E-state index is 0.0111. The number of benzene rings is 1. The van der Waals surface area contributed by atoms with Crippen LogP contribution in [0.2, 0.25) is 0 Å². The van der Waals surface area contributed by atoms with Gasteiger partial charge in [0, 0.05) is 23.5 Å². The summed E-state index contributed by atoms with van der Waals surface area (Å²) in [6.45, 7) is 2.41. The van der Waals surface area contributed by atoms with Crippen molar-refractivity contribution in [2.45, 2.75) is 6.42 Å². The van der Waals surface area contributed by atoms with Crippen LogP contribution in [0.3, 0.4) is 0 Å². The highest BCUT2D eigenvalue weighted by molar-refractivity contribution is 7.99. The Labute approximate surface area is 129 Å². The van der Waals surface area contributed by atoms with Crippen molar-refractivity contribution in [3.05, 3.63) is 29.8 Å². The second kappa shape index (κ2) is 7.61. The lowest BCUT2D eigenvalue weighted by molar-refractivity contribution is -0.117. The standard InChI is InChI=1S/C14H19N3OS2/c15-14(19)11-3-1-4-12(9-11)16-13(18)10-17-5-2-7-20-8-6-17/h1,3-4,9H,2,5-8,10H2,(H2,15,19)(H,16,18). The monoisotopic (exact) mass is 309 g/mol. The molecule has 0 atom stereocenters. The Morgan fingerprint density at radius 1 is 1.40 bits per heavy atom. The molecule has 2 rings (SSSR count). The SMILES string of the molecule is NC(=S)c1cccc(NC(=O)CN2CCCSCC2)c1. The number of amides is 1. The van der Waals surface area contributed by atoms with Gasteiger partial charge in [-0.2, -0.15) is 11.8 Å². The maximum absolute atomic E-state index is 12.1. The molecule has 4 nitrogen and oxygen atoms in total. The van der Waals surface area contributed by atoms with Crippen LogP contribution in [0.4, 0.5) is 5.69 Å². The van der Waals surface area contributed by atoms with E-state index in [0.717, 1.165) is 36.5 Å². The van der Waals surface area contributed by atoms with Gasteiger partial charge >= 0.3 is 0 Å². The molecule has 0 radical (unpaired) electrons. The van der Waals surface area contributed by atoms with Gasteiger partial charge in [-0.15, -0.1) is 0 Å². The molecule has 1 aromatic carbocycles. The summed E-state index contributed by atoms with van der Waals surface area (Å²) in [5.41, 5.74) is 7.10. The molecular weight excluding hydrogens is 290 g/mol. The second-order valence-corrected chi connectivity index (χ2v) is 6.40. The lowest BCUT2D eigenvalue weighted by atomic mass is 10.2. The first-order valence-electron chi connectivity index (χ1n) is 6.65. The normalized spacial score (nSPS) is 16.4. The van der Waals surface area contributed by atoms with Crippen molar-refractivity contribution < 1.29 is 4.79 Å². The molecule has 0 saturated carbocycles. The summed E-state index contributed by atoms with van der Waals surface area (Å²) in [5.74, 6) is 2.30. The first-order valence-corrected chi connectivity index (χ1v) is 8.21. The van der Waals surface area contributed by atoms with Gasteiger partial charge in [0.05, 0.1) is 6.54 Å². The smallest absolute Gasteiger partial charge is 0.238 e. The number of hydrogen-bond donors (Lipinski definition) is 2. The van der Waals surface area contributed by atoms with Crippen molar-refractivity contribution in [2.75, 3.05) is 36.5 Å². The molecule has 1 heterocycles. The van der Waals surface area contributed by atoms with Crippen LogP contribution in [0.5, 0.6) is 0 Å². The summed E-state index contributed by atoms with van der Waals surface area (Å²) in [5, 5.41) is 2.90. The fraction of sp³-hybridized carbons (Fsp3) is 0.429. The number of nitrogens with two attached hydrogens (primary N) is 1. The van der Waals surface area contributed by atoms with Crippen LogP contribution in [0.15, 0.2) is 24.3 Å². The van der Waals surface area contributed by atoms with Crippen LogP contribution in [0.25, 0.3) is 0 Å². The van der Waals surface area contributed by atoms with Crippen molar-refractivity contribution in [1.82, 2.24) is 4.90 Å². The Morgan fingerprint density at radius 2 is 2.25 bits per heavy atom. The van der Waals surface area contributed by atoms with Crippen LogP contribution in [0, 0.1) is 0 Å². The van der Waals surface area contributed by atoms with Gasteiger partial charge in [0.2, 0.25) is 5.91 Å². The highest BCUT2D eigenvalue weighted by Gasteiger charge is 2.13. The van der Waals surface area contributed by atoms with E-state index in [1.807, 2.05) is 30.0 Å². The number of thioether (sulfide) groups is 1. The van der Waals surface area contributed by atoms with Gasteiger partial charge in [-0.05, 0) is 30.9 Å². The molecule has 1 aliphatic heterocycles. The molecule has 0 spiro atoms. The molecule has 1 aliphatic rings. The first kappa shape index (κ1) is 15.3. The molecule has 1 amide bonds. The van der Waals surface area contributed by atoms with Gasteiger partial charge in [0.15, 0.2) is 0 Å². The average molecular weight is 309 g/mol. The molecule has 6 heteroatoms. The summed E-state index contributed by atoms with van der Waals surface area (Å²) in [4.78, 5) is 14.6. The third kappa shape index (κ3) is 4.77. The zero-order valence-corrected chi connectivity index (χ0v) is 12.9. The van der Waals surface area contributed by atoms with E-state index in [1.165, 1.54) is 5.75 Å². The van der Waals surface area contributed by atoms with Gasteiger partial charge in [0.1, 0.15) is 4.99 Å². The zero-order valence-electron chi connectivity index (χ0n) is 11.3. The molecule has 0 aliphatic carbocycles. The molecule has 0 unspecified atom stereocenters. The van der Waals surface area contributed by atoms with Gasteiger partial charge in [-0.1, -0.05) is 24.4 Å². The number of carbonyl (C=O) groups is 1. The Bertz CT molecular complexity index is 485. The van der Waals surface area contributed by atoms with Gasteiger partial charge in [-0.25, -0.2) is 0 Å². The predicted octanol–water partition coefficient (Wildman–Crippen LogP) is 1.70. The fourth-order valence-electron chi connectivity index (χ4n) is 2.11. The largest absolute Gasteiger partial charge is 0.389 e. The van der Waals surface area contributed by atoms with E-state index in [4.69, 9.17) is 18.0 Å². The topological polar surface area (TPSA) is 58.4 Å². The van der Waals surface area contributed by atoms with Crippen molar-refractivity contribution in [3.8, 4) is 0 Å². The van der Waals surface area contributed by atoms with Gasteiger partial charge in [-0.3, -0.25) is 9.69 Å². The van der Waals surface area contributed by atoms with E-state index in [0.29, 0.717) is 11.5 Å².